The van der Waals surface area contributed by atoms with Gasteiger partial charge in [-0.05, 0) is 56.7 Å². The van der Waals surface area contributed by atoms with Crippen LogP contribution in [0.15, 0.2) is 22.7 Å². The van der Waals surface area contributed by atoms with Crippen LogP contribution < -0.4 is 10.2 Å². The molecule has 2 aromatic rings. The normalized spacial score (nSPS) is 22.2. The van der Waals surface area contributed by atoms with Gasteiger partial charge in [0.05, 0.1) is 11.8 Å². The van der Waals surface area contributed by atoms with E-state index in [1.807, 2.05) is 18.2 Å². The van der Waals surface area contributed by atoms with E-state index in [-0.39, 0.29) is 18.4 Å². The molecule has 9 heteroatoms. The van der Waals surface area contributed by atoms with E-state index < -0.39 is 6.29 Å². The van der Waals surface area contributed by atoms with Crippen molar-refractivity contribution in [2.75, 3.05) is 51.8 Å². The Morgan fingerprint density at radius 1 is 1.18 bits per heavy atom. The lowest BCUT2D eigenvalue weighted by atomic mass is 9.84. The van der Waals surface area contributed by atoms with E-state index in [1.54, 1.807) is 14.2 Å². The van der Waals surface area contributed by atoms with Crippen molar-refractivity contribution >= 4 is 34.3 Å². The summed E-state index contributed by atoms with van der Waals surface area (Å²) < 4.78 is 15.7. The molecule has 1 saturated heterocycles. The van der Waals surface area contributed by atoms with Gasteiger partial charge in [0, 0.05) is 57.5 Å². The summed E-state index contributed by atoms with van der Waals surface area (Å²) in [4.78, 5) is 17.0. The molecule has 1 N–H and O–H groups in total. The molecule has 0 unspecified atom stereocenters. The Morgan fingerprint density at radius 2 is 1.91 bits per heavy atom. The summed E-state index contributed by atoms with van der Waals surface area (Å²) in [6.07, 6.45) is 5.46. The van der Waals surface area contributed by atoms with E-state index in [1.165, 1.54) is 19.3 Å². The molecule has 4 rings (SSSR count). The molecule has 33 heavy (non-hydrogen) atoms. The number of fused-ring (bicyclic) bond motifs is 1. The van der Waals surface area contributed by atoms with Crippen LogP contribution in [0.2, 0.25) is 5.02 Å². The van der Waals surface area contributed by atoms with Crippen LogP contribution in [-0.4, -0.2) is 75.2 Å². The molecule has 1 saturated carbocycles. The fourth-order valence-electron chi connectivity index (χ4n) is 4.97. The molecule has 1 aliphatic carbocycles. The fourth-order valence-corrected chi connectivity index (χ4v) is 5.13. The van der Waals surface area contributed by atoms with Crippen LogP contribution in [0, 0.1) is 5.92 Å². The standard InChI is InChI=1S/C24H35ClN4O4/c1-31-23(32-2)16-22(30)26-19-6-3-17(4-7-19)9-10-28-11-13-29(14-12-28)24-20-8-5-18(25)15-21(20)33-27-24/h5,8,15,17,19,23H,3-4,6-7,9-14,16H2,1-2H3,(H,26,30). The van der Waals surface area contributed by atoms with E-state index in [0.717, 1.165) is 68.3 Å². The second-order valence-corrected chi connectivity index (χ2v) is 9.59. The number of methoxy groups -OCH3 is 2. The number of anilines is 1. The summed E-state index contributed by atoms with van der Waals surface area (Å²) >= 11 is 6.05. The van der Waals surface area contributed by atoms with Gasteiger partial charge in [-0.2, -0.15) is 0 Å². The Labute approximate surface area is 200 Å². The topological polar surface area (TPSA) is 80.1 Å². The van der Waals surface area contributed by atoms with E-state index in [2.05, 4.69) is 20.3 Å². The minimum Gasteiger partial charge on any atom is -0.355 e. The number of piperazine rings is 1. The van der Waals surface area contributed by atoms with Gasteiger partial charge in [0.25, 0.3) is 0 Å². The van der Waals surface area contributed by atoms with Crippen molar-refractivity contribution in [1.29, 1.82) is 0 Å². The van der Waals surface area contributed by atoms with Gasteiger partial charge in [-0.25, -0.2) is 0 Å². The van der Waals surface area contributed by atoms with Gasteiger partial charge in [0.2, 0.25) is 5.91 Å². The molecule has 0 atom stereocenters. The molecule has 2 fully saturated rings. The maximum absolute atomic E-state index is 12.2. The van der Waals surface area contributed by atoms with Crippen molar-refractivity contribution in [2.24, 2.45) is 5.92 Å². The summed E-state index contributed by atoms with van der Waals surface area (Å²) in [6, 6.07) is 5.97. The van der Waals surface area contributed by atoms with Gasteiger partial charge in [0.1, 0.15) is 0 Å². The molecule has 2 aliphatic rings. The van der Waals surface area contributed by atoms with Gasteiger partial charge < -0.3 is 24.2 Å². The minimum absolute atomic E-state index is 0.00742. The zero-order valence-corrected chi connectivity index (χ0v) is 20.4. The van der Waals surface area contributed by atoms with Crippen LogP contribution in [-0.2, 0) is 14.3 Å². The number of rotatable bonds is 9. The van der Waals surface area contributed by atoms with Crippen molar-refractivity contribution in [3.8, 4) is 0 Å². The first-order valence-electron chi connectivity index (χ1n) is 11.9. The predicted octanol–water partition coefficient (Wildman–Crippen LogP) is 3.68. The first-order valence-corrected chi connectivity index (χ1v) is 12.3. The molecule has 2 heterocycles. The predicted molar refractivity (Wildman–Crippen MR) is 129 cm³/mol. The SMILES string of the molecule is COC(CC(=O)NC1CCC(CCN2CCN(c3noc4cc(Cl)ccc34)CC2)CC1)OC. The van der Waals surface area contributed by atoms with Crippen molar-refractivity contribution in [1.82, 2.24) is 15.4 Å². The Morgan fingerprint density at radius 3 is 2.61 bits per heavy atom. The van der Waals surface area contributed by atoms with Crippen LogP contribution >= 0.6 is 11.6 Å². The highest BCUT2D eigenvalue weighted by molar-refractivity contribution is 6.31. The molecular formula is C24H35ClN4O4. The average Bonchev–Trinajstić information content (AvgIpc) is 3.25. The van der Waals surface area contributed by atoms with E-state index in [9.17, 15) is 4.79 Å². The number of benzene rings is 1. The largest absolute Gasteiger partial charge is 0.355 e. The summed E-state index contributed by atoms with van der Waals surface area (Å²) in [6.45, 7) is 5.11. The van der Waals surface area contributed by atoms with Crippen molar-refractivity contribution in [2.45, 2.75) is 50.9 Å². The van der Waals surface area contributed by atoms with Gasteiger partial charge in [-0.1, -0.05) is 16.8 Å². The maximum Gasteiger partial charge on any atom is 0.225 e. The lowest BCUT2D eigenvalue weighted by Gasteiger charge is -2.36. The second kappa shape index (κ2) is 11.5. The molecule has 0 bridgehead atoms. The molecule has 1 amide bonds. The lowest BCUT2D eigenvalue weighted by Crippen LogP contribution is -2.47. The van der Waals surface area contributed by atoms with Crippen LogP contribution in [0.5, 0.6) is 0 Å². The average molecular weight is 479 g/mol. The molecule has 1 aromatic heterocycles. The molecule has 182 valence electrons. The number of carbonyl (C=O) groups excluding carboxylic acids is 1. The number of nitrogens with one attached hydrogen (secondary N) is 1. The molecule has 1 aromatic carbocycles. The fraction of sp³-hybridized carbons (Fsp3) is 0.667. The van der Waals surface area contributed by atoms with Crippen LogP contribution in [0.1, 0.15) is 38.5 Å². The van der Waals surface area contributed by atoms with E-state index in [4.69, 9.17) is 25.6 Å². The maximum atomic E-state index is 12.2. The third-order valence-electron chi connectivity index (χ3n) is 7.03. The highest BCUT2D eigenvalue weighted by atomic mass is 35.5. The van der Waals surface area contributed by atoms with Crippen molar-refractivity contribution in [3.63, 3.8) is 0 Å². The Bertz CT molecular complexity index is 903. The number of ether oxygens (including phenoxy) is 2. The first kappa shape index (κ1) is 24.3. The third-order valence-corrected chi connectivity index (χ3v) is 7.27. The number of aromatic nitrogens is 1. The Kier molecular flexibility index (Phi) is 8.46. The Balaban J connectivity index is 1.15. The van der Waals surface area contributed by atoms with Crippen molar-refractivity contribution in [3.05, 3.63) is 23.2 Å². The van der Waals surface area contributed by atoms with Gasteiger partial charge in [-0.15, -0.1) is 0 Å². The molecule has 8 nitrogen and oxygen atoms in total. The number of amides is 1. The van der Waals surface area contributed by atoms with Gasteiger partial charge in [0.15, 0.2) is 17.7 Å². The van der Waals surface area contributed by atoms with Crippen LogP contribution in [0.4, 0.5) is 5.82 Å². The summed E-state index contributed by atoms with van der Waals surface area (Å²) in [5.74, 6) is 1.67. The van der Waals surface area contributed by atoms with Gasteiger partial charge in [-0.3, -0.25) is 9.69 Å². The zero-order chi connectivity index (χ0) is 23.2. The van der Waals surface area contributed by atoms with Crippen molar-refractivity contribution < 1.29 is 18.8 Å². The summed E-state index contributed by atoms with van der Waals surface area (Å²) in [5.41, 5.74) is 0.740. The molecule has 1 aliphatic heterocycles. The summed E-state index contributed by atoms with van der Waals surface area (Å²) in [5, 5.41) is 9.12. The van der Waals surface area contributed by atoms with Gasteiger partial charge >= 0.3 is 0 Å². The molecule has 0 spiro atoms. The quantitative estimate of drug-likeness (QED) is 0.550. The Hall–Kier alpha value is -1.87. The van der Waals surface area contributed by atoms with E-state index >= 15 is 0 Å². The lowest BCUT2D eigenvalue weighted by molar-refractivity contribution is -0.140. The van der Waals surface area contributed by atoms with Crippen LogP contribution in [0.25, 0.3) is 11.0 Å². The highest BCUT2D eigenvalue weighted by Gasteiger charge is 2.25. The summed E-state index contributed by atoms with van der Waals surface area (Å²) in [7, 11) is 3.11. The van der Waals surface area contributed by atoms with Crippen LogP contribution in [0.3, 0.4) is 0 Å². The zero-order valence-electron chi connectivity index (χ0n) is 19.6. The number of halogens is 1. The molecule has 0 radical (unpaired) electrons. The minimum atomic E-state index is -0.469. The third kappa shape index (κ3) is 6.38. The van der Waals surface area contributed by atoms with E-state index in [0.29, 0.717) is 5.02 Å². The molecular weight excluding hydrogens is 444 g/mol. The second-order valence-electron chi connectivity index (χ2n) is 9.15. The smallest absolute Gasteiger partial charge is 0.225 e. The number of hydrogen-bond donors (Lipinski definition) is 1. The number of hydrogen-bond acceptors (Lipinski definition) is 7. The highest BCUT2D eigenvalue weighted by Crippen LogP contribution is 2.30. The monoisotopic (exact) mass is 478 g/mol. The number of carbonyl (C=O) groups is 1. The first-order chi connectivity index (χ1) is 16.1. The number of nitrogens with zero attached hydrogens (tertiary/aromatic N) is 3.